The minimum Gasteiger partial charge on any atom is -0.339 e. The van der Waals surface area contributed by atoms with E-state index in [4.69, 9.17) is 4.52 Å². The average Bonchev–Trinajstić information content (AvgIpc) is 2.88. The molecule has 0 aromatic carbocycles. The van der Waals surface area contributed by atoms with E-state index in [2.05, 4.69) is 57.1 Å². The third-order valence-corrected chi connectivity index (χ3v) is 3.53. The lowest BCUT2D eigenvalue weighted by molar-refractivity contribution is 0.332. The Hall–Kier alpha value is -1.27. The lowest BCUT2D eigenvalue weighted by atomic mass is 10.0. The monoisotopic (exact) mass is 324 g/mol. The molecule has 2 aromatic rings. The first-order valence-electron chi connectivity index (χ1n) is 6.30. The lowest BCUT2D eigenvalue weighted by Gasteiger charge is -2.16. The fourth-order valence-corrected chi connectivity index (χ4v) is 1.98. The zero-order valence-corrected chi connectivity index (χ0v) is 12.8. The van der Waals surface area contributed by atoms with Crippen molar-refractivity contribution in [2.45, 2.75) is 32.7 Å². The predicted octanol–water partition coefficient (Wildman–Crippen LogP) is 3.00. The number of halogens is 1. The van der Waals surface area contributed by atoms with Gasteiger partial charge in [-0.25, -0.2) is 0 Å². The van der Waals surface area contributed by atoms with Crippen LogP contribution in [0.3, 0.4) is 0 Å². The SMILES string of the molecule is CCNC(C)C(C)c1nc(-c2ccc(Br)cn2)no1. The number of nitrogens with one attached hydrogen (secondary N) is 1. The summed E-state index contributed by atoms with van der Waals surface area (Å²) >= 11 is 3.35. The van der Waals surface area contributed by atoms with Crippen molar-refractivity contribution in [3.8, 4) is 11.5 Å². The summed E-state index contributed by atoms with van der Waals surface area (Å²) < 4.78 is 6.25. The van der Waals surface area contributed by atoms with Crippen LogP contribution in [-0.2, 0) is 0 Å². The van der Waals surface area contributed by atoms with E-state index in [1.54, 1.807) is 6.20 Å². The van der Waals surface area contributed by atoms with Crippen molar-refractivity contribution < 1.29 is 4.52 Å². The summed E-state index contributed by atoms with van der Waals surface area (Å²) in [5.41, 5.74) is 0.710. The number of pyridine rings is 1. The molecule has 0 aliphatic rings. The second kappa shape index (κ2) is 6.25. The van der Waals surface area contributed by atoms with Crippen molar-refractivity contribution >= 4 is 15.9 Å². The van der Waals surface area contributed by atoms with Crippen molar-refractivity contribution in [3.05, 3.63) is 28.7 Å². The standard InChI is InChI=1S/C13H17BrN4O/c1-4-15-9(3)8(2)13-17-12(18-19-13)11-6-5-10(14)7-16-11/h5-9,15H,4H2,1-3H3. The van der Waals surface area contributed by atoms with Gasteiger partial charge in [-0.3, -0.25) is 4.98 Å². The van der Waals surface area contributed by atoms with Crippen LogP contribution in [-0.4, -0.2) is 27.7 Å². The smallest absolute Gasteiger partial charge is 0.231 e. The van der Waals surface area contributed by atoms with E-state index in [0.717, 1.165) is 11.0 Å². The molecule has 19 heavy (non-hydrogen) atoms. The fraction of sp³-hybridized carbons (Fsp3) is 0.462. The Morgan fingerprint density at radius 3 is 2.79 bits per heavy atom. The first kappa shape index (κ1) is 14.1. The topological polar surface area (TPSA) is 63.8 Å². The van der Waals surface area contributed by atoms with E-state index in [0.29, 0.717) is 17.4 Å². The zero-order valence-electron chi connectivity index (χ0n) is 11.2. The first-order chi connectivity index (χ1) is 9.11. The van der Waals surface area contributed by atoms with Gasteiger partial charge < -0.3 is 9.84 Å². The first-order valence-corrected chi connectivity index (χ1v) is 7.10. The number of aromatic nitrogens is 3. The molecule has 0 aliphatic carbocycles. The number of hydrogen-bond donors (Lipinski definition) is 1. The van der Waals surface area contributed by atoms with Gasteiger partial charge in [-0.1, -0.05) is 19.0 Å². The molecule has 0 aliphatic heterocycles. The normalized spacial score (nSPS) is 14.3. The minimum atomic E-state index is 0.164. The molecule has 0 radical (unpaired) electrons. The fourth-order valence-electron chi connectivity index (χ4n) is 1.74. The van der Waals surface area contributed by atoms with Crippen molar-refractivity contribution in [2.24, 2.45) is 0 Å². The molecule has 0 amide bonds. The third-order valence-electron chi connectivity index (χ3n) is 3.06. The van der Waals surface area contributed by atoms with Gasteiger partial charge in [0.2, 0.25) is 11.7 Å². The maximum Gasteiger partial charge on any atom is 0.231 e. The number of hydrogen-bond acceptors (Lipinski definition) is 5. The van der Waals surface area contributed by atoms with Crippen LogP contribution < -0.4 is 5.32 Å². The highest BCUT2D eigenvalue weighted by Gasteiger charge is 2.20. The molecule has 6 heteroatoms. The molecule has 1 N–H and O–H groups in total. The van der Waals surface area contributed by atoms with E-state index < -0.39 is 0 Å². The van der Waals surface area contributed by atoms with Gasteiger partial charge in [-0.05, 0) is 41.5 Å². The van der Waals surface area contributed by atoms with Gasteiger partial charge in [0.25, 0.3) is 0 Å². The number of rotatable bonds is 5. The lowest BCUT2D eigenvalue weighted by Crippen LogP contribution is -2.30. The van der Waals surface area contributed by atoms with Crippen LogP contribution in [0.4, 0.5) is 0 Å². The van der Waals surface area contributed by atoms with E-state index in [1.165, 1.54) is 0 Å². The van der Waals surface area contributed by atoms with Crippen molar-refractivity contribution in [2.75, 3.05) is 6.54 Å². The van der Waals surface area contributed by atoms with Gasteiger partial charge in [0.1, 0.15) is 5.69 Å². The molecule has 0 spiro atoms. The van der Waals surface area contributed by atoms with Gasteiger partial charge in [0, 0.05) is 16.7 Å². The summed E-state index contributed by atoms with van der Waals surface area (Å²) in [5, 5.41) is 7.34. The molecule has 2 aromatic heterocycles. The maximum atomic E-state index is 5.33. The van der Waals surface area contributed by atoms with E-state index in [1.807, 2.05) is 12.1 Å². The van der Waals surface area contributed by atoms with Gasteiger partial charge in [-0.2, -0.15) is 4.98 Å². The molecule has 0 bridgehead atoms. The summed E-state index contributed by atoms with van der Waals surface area (Å²) in [4.78, 5) is 8.67. The summed E-state index contributed by atoms with van der Waals surface area (Å²) in [5.74, 6) is 1.32. The molecule has 2 heterocycles. The number of likely N-dealkylation sites (N-methyl/N-ethyl adjacent to an activating group) is 1. The van der Waals surface area contributed by atoms with Crippen LogP contribution in [0.5, 0.6) is 0 Å². The predicted molar refractivity (Wildman–Crippen MR) is 76.8 cm³/mol. The Morgan fingerprint density at radius 1 is 1.37 bits per heavy atom. The molecule has 0 saturated carbocycles. The van der Waals surface area contributed by atoms with Crippen LogP contribution in [0.25, 0.3) is 11.5 Å². The van der Waals surface area contributed by atoms with Gasteiger partial charge in [-0.15, -0.1) is 0 Å². The molecule has 2 unspecified atom stereocenters. The van der Waals surface area contributed by atoms with Gasteiger partial charge in [0.05, 0.1) is 5.92 Å². The molecular weight excluding hydrogens is 308 g/mol. The minimum absolute atomic E-state index is 0.164. The Bertz CT molecular complexity index is 526. The van der Waals surface area contributed by atoms with Crippen LogP contribution in [0.15, 0.2) is 27.3 Å². The molecular formula is C13H17BrN4O. The van der Waals surface area contributed by atoms with Crippen molar-refractivity contribution in [3.63, 3.8) is 0 Å². The Morgan fingerprint density at radius 2 is 2.16 bits per heavy atom. The summed E-state index contributed by atoms with van der Waals surface area (Å²) in [6.07, 6.45) is 1.72. The van der Waals surface area contributed by atoms with Gasteiger partial charge in [0.15, 0.2) is 0 Å². The summed E-state index contributed by atoms with van der Waals surface area (Å²) in [6, 6.07) is 4.05. The van der Waals surface area contributed by atoms with Crippen molar-refractivity contribution in [1.29, 1.82) is 0 Å². The average molecular weight is 325 g/mol. The van der Waals surface area contributed by atoms with Crippen LogP contribution >= 0.6 is 15.9 Å². The largest absolute Gasteiger partial charge is 0.339 e. The van der Waals surface area contributed by atoms with Crippen molar-refractivity contribution in [1.82, 2.24) is 20.4 Å². The molecule has 2 atom stereocenters. The Balaban J connectivity index is 2.16. The second-order valence-electron chi connectivity index (χ2n) is 4.45. The highest BCUT2D eigenvalue weighted by Crippen LogP contribution is 2.21. The quantitative estimate of drug-likeness (QED) is 0.915. The van der Waals surface area contributed by atoms with Gasteiger partial charge >= 0.3 is 0 Å². The molecule has 0 saturated heterocycles. The van der Waals surface area contributed by atoms with Crippen LogP contribution in [0.1, 0.15) is 32.6 Å². The molecule has 5 nitrogen and oxygen atoms in total. The van der Waals surface area contributed by atoms with E-state index in [9.17, 15) is 0 Å². The second-order valence-corrected chi connectivity index (χ2v) is 5.37. The highest BCUT2D eigenvalue weighted by molar-refractivity contribution is 9.10. The number of nitrogens with zero attached hydrogens (tertiary/aromatic N) is 3. The van der Waals surface area contributed by atoms with Crippen LogP contribution in [0, 0.1) is 0 Å². The molecule has 0 fully saturated rings. The van der Waals surface area contributed by atoms with Crippen LogP contribution in [0.2, 0.25) is 0 Å². The van der Waals surface area contributed by atoms with E-state index >= 15 is 0 Å². The zero-order chi connectivity index (χ0) is 13.8. The van der Waals surface area contributed by atoms with E-state index in [-0.39, 0.29) is 12.0 Å². The Labute approximate surface area is 121 Å². The third kappa shape index (κ3) is 3.39. The molecule has 2 rings (SSSR count). The molecule has 102 valence electrons. The summed E-state index contributed by atoms with van der Waals surface area (Å²) in [6.45, 7) is 7.17. The Kier molecular flexibility index (Phi) is 4.66. The highest BCUT2D eigenvalue weighted by atomic mass is 79.9. The maximum absolute atomic E-state index is 5.33. The summed E-state index contributed by atoms with van der Waals surface area (Å²) in [7, 11) is 0.